The number of hydrogen-bond donors (Lipinski definition) is 4. The third kappa shape index (κ3) is 9.83. The van der Waals surface area contributed by atoms with Crippen LogP contribution >= 0.6 is 0 Å². The molecule has 6 heteroatoms. The Kier molecular flexibility index (Phi) is 8.80. The molecule has 0 aromatic heterocycles. The molecule has 0 unspecified atom stereocenters. The molecule has 1 heterocycles. The first kappa shape index (κ1) is 11.8. The first-order valence-electron chi connectivity index (χ1n) is 4.06. The van der Waals surface area contributed by atoms with Crippen molar-refractivity contribution in [3.63, 3.8) is 0 Å². The first-order valence-corrected chi connectivity index (χ1v) is 5.24. The predicted octanol–water partition coefficient (Wildman–Crippen LogP) is -1.70. The maximum absolute atomic E-state index is 9.53. The molecule has 0 spiro atoms. The van der Waals surface area contributed by atoms with Crippen LogP contribution in [0.1, 0.15) is 6.92 Å². The van der Waals surface area contributed by atoms with Gasteiger partial charge in [0.05, 0.1) is 0 Å². The first-order chi connectivity index (χ1) is 5.77. The van der Waals surface area contributed by atoms with Gasteiger partial charge < -0.3 is 10.6 Å². The summed E-state index contributed by atoms with van der Waals surface area (Å²) in [6.45, 7) is 6.77. The lowest BCUT2D eigenvalue weighted by Gasteiger charge is -2.11. The highest BCUT2D eigenvalue weighted by Crippen LogP contribution is 1.65. The minimum Gasteiger partial charge on any atom is -0.314 e. The van der Waals surface area contributed by atoms with E-state index in [2.05, 4.69) is 15.4 Å². The van der Waals surface area contributed by atoms with Crippen molar-refractivity contribution in [2.24, 2.45) is 0 Å². The fraction of sp³-hybridized carbons (Fsp3) is 1.00. The lowest BCUT2D eigenvalue weighted by molar-refractivity contribution is 0.534. The Hall–Kier alpha value is -0.170. The highest BCUT2D eigenvalue weighted by molar-refractivity contribution is 7.70. The molecule has 3 N–H and O–H groups in total. The quantitative estimate of drug-likeness (QED) is 0.397. The third-order valence-corrected chi connectivity index (χ3v) is 1.82. The van der Waals surface area contributed by atoms with E-state index in [0.29, 0.717) is 6.54 Å². The van der Waals surface area contributed by atoms with Crippen molar-refractivity contribution in [3.8, 4) is 0 Å². The summed E-state index contributed by atoms with van der Waals surface area (Å²) in [6.07, 6.45) is 0. The van der Waals surface area contributed by atoms with E-state index in [1.165, 1.54) is 0 Å². The molecule has 1 saturated heterocycles. The summed E-state index contributed by atoms with van der Waals surface area (Å²) in [4.78, 5) is 0. The fourth-order valence-corrected chi connectivity index (χ4v) is 0.991. The highest BCUT2D eigenvalue weighted by atomic mass is 32.2. The Balaban J connectivity index is 0.000000202. The summed E-state index contributed by atoms with van der Waals surface area (Å²) < 4.78 is 21.2. The van der Waals surface area contributed by atoms with E-state index in [1.807, 2.05) is 0 Å². The van der Waals surface area contributed by atoms with Crippen LogP contribution in [0.2, 0.25) is 0 Å². The minimum atomic E-state index is -2.35. The van der Waals surface area contributed by atoms with Crippen LogP contribution in [0.3, 0.4) is 0 Å². The largest absolute Gasteiger partial charge is 0.314 e. The van der Waals surface area contributed by atoms with Crippen LogP contribution in [0.5, 0.6) is 0 Å². The monoisotopic (exact) mass is 195 g/mol. The molecule has 12 heavy (non-hydrogen) atoms. The van der Waals surface area contributed by atoms with Crippen molar-refractivity contribution in [2.45, 2.75) is 6.92 Å². The van der Waals surface area contributed by atoms with Gasteiger partial charge in [-0.2, -0.15) is 0 Å². The van der Waals surface area contributed by atoms with Gasteiger partial charge in [-0.25, -0.2) is 13.1 Å². The highest BCUT2D eigenvalue weighted by Gasteiger charge is 1.91. The molecule has 0 atom stereocenters. The average molecular weight is 195 g/mol. The number of piperazine rings is 1. The van der Waals surface area contributed by atoms with Crippen molar-refractivity contribution >= 4 is 10.9 Å². The van der Waals surface area contributed by atoms with Gasteiger partial charge in [0.2, 0.25) is 10.9 Å². The van der Waals surface area contributed by atoms with Crippen LogP contribution in [0.15, 0.2) is 0 Å². The standard InChI is InChI=1S/C4H10N2.C2H7NO2S/c1-2-6-4-3-5-1;1-2-3-6(4)5/h5-6H,1-4H2;6H,2H2,1H3,(H,3,4,5). The van der Waals surface area contributed by atoms with E-state index in [1.54, 1.807) is 6.92 Å². The van der Waals surface area contributed by atoms with Crippen LogP contribution in [0.25, 0.3) is 0 Å². The van der Waals surface area contributed by atoms with Crippen molar-refractivity contribution in [3.05, 3.63) is 0 Å². The Labute approximate surface area is 75.0 Å². The smallest absolute Gasteiger partial charge is 0.201 e. The Morgan fingerprint density at radius 3 is 1.67 bits per heavy atom. The van der Waals surface area contributed by atoms with Gasteiger partial charge in [-0.3, -0.25) is 0 Å². The molecular formula is C6H17N3O2S. The van der Waals surface area contributed by atoms with E-state index in [9.17, 15) is 8.42 Å². The fourth-order valence-electron chi connectivity index (χ4n) is 0.733. The molecule has 1 aliphatic rings. The molecule has 0 radical (unpaired) electrons. The van der Waals surface area contributed by atoms with E-state index in [4.69, 9.17) is 0 Å². The van der Waals surface area contributed by atoms with Gasteiger partial charge in [-0.15, -0.1) is 0 Å². The molecule has 0 amide bonds. The van der Waals surface area contributed by atoms with Crippen LogP contribution in [0, 0.1) is 0 Å². The maximum atomic E-state index is 9.53. The van der Waals surface area contributed by atoms with Crippen molar-refractivity contribution < 1.29 is 8.42 Å². The van der Waals surface area contributed by atoms with E-state index in [-0.39, 0.29) is 0 Å². The van der Waals surface area contributed by atoms with Gasteiger partial charge in [0.15, 0.2) is 0 Å². The molecule has 0 aromatic carbocycles. The van der Waals surface area contributed by atoms with Crippen LogP contribution < -0.4 is 15.4 Å². The number of rotatable bonds is 2. The minimum absolute atomic E-state index is 0.485. The average Bonchev–Trinajstić information content (AvgIpc) is 2.08. The summed E-state index contributed by atoms with van der Waals surface area (Å²) in [6, 6.07) is 0. The SMILES string of the molecule is C1CNCCN1.CCN[SH](=O)=O. The Morgan fingerprint density at radius 2 is 1.58 bits per heavy atom. The normalized spacial score (nSPS) is 16.8. The van der Waals surface area contributed by atoms with Gasteiger partial charge in [-0.1, -0.05) is 6.92 Å². The Bertz CT molecular complexity index is 137. The van der Waals surface area contributed by atoms with Crippen molar-refractivity contribution in [2.75, 3.05) is 32.7 Å². The second-order valence-electron chi connectivity index (χ2n) is 2.27. The lowest BCUT2D eigenvalue weighted by Crippen LogP contribution is -2.39. The summed E-state index contributed by atoms with van der Waals surface area (Å²) in [7, 11) is -2.35. The zero-order valence-electron chi connectivity index (χ0n) is 7.30. The zero-order chi connectivity index (χ0) is 9.23. The molecular weight excluding hydrogens is 178 g/mol. The molecule has 0 saturated carbocycles. The summed E-state index contributed by atoms with van der Waals surface area (Å²) in [5, 5.41) is 6.44. The molecule has 1 rings (SSSR count). The van der Waals surface area contributed by atoms with E-state index in [0.717, 1.165) is 26.2 Å². The zero-order valence-corrected chi connectivity index (χ0v) is 8.19. The molecule has 1 aliphatic heterocycles. The summed E-state index contributed by atoms with van der Waals surface area (Å²) in [5.41, 5.74) is 0. The molecule has 5 nitrogen and oxygen atoms in total. The number of hydrogen-bond acceptors (Lipinski definition) is 4. The predicted molar refractivity (Wildman–Crippen MR) is 49.7 cm³/mol. The molecule has 1 fully saturated rings. The maximum Gasteiger partial charge on any atom is 0.201 e. The molecule has 0 aromatic rings. The van der Waals surface area contributed by atoms with Gasteiger partial charge in [0, 0.05) is 32.7 Å². The summed E-state index contributed by atoms with van der Waals surface area (Å²) >= 11 is 0. The van der Waals surface area contributed by atoms with Crippen LogP contribution in [-0.2, 0) is 10.9 Å². The van der Waals surface area contributed by atoms with E-state index >= 15 is 0 Å². The van der Waals surface area contributed by atoms with Crippen molar-refractivity contribution in [1.29, 1.82) is 0 Å². The summed E-state index contributed by atoms with van der Waals surface area (Å²) in [5.74, 6) is 0. The molecule has 74 valence electrons. The topological polar surface area (TPSA) is 70.2 Å². The molecule has 0 bridgehead atoms. The van der Waals surface area contributed by atoms with Gasteiger partial charge >= 0.3 is 0 Å². The third-order valence-electron chi connectivity index (χ3n) is 1.24. The second kappa shape index (κ2) is 8.92. The number of thiol groups is 1. The second-order valence-corrected chi connectivity index (χ2v) is 3.10. The van der Waals surface area contributed by atoms with Gasteiger partial charge in [0.25, 0.3) is 0 Å². The number of nitrogens with one attached hydrogen (secondary N) is 3. The van der Waals surface area contributed by atoms with Gasteiger partial charge in [-0.05, 0) is 0 Å². The Morgan fingerprint density at radius 1 is 1.17 bits per heavy atom. The van der Waals surface area contributed by atoms with Crippen molar-refractivity contribution in [1.82, 2.24) is 15.4 Å². The van der Waals surface area contributed by atoms with E-state index < -0.39 is 10.9 Å². The van der Waals surface area contributed by atoms with Crippen LogP contribution in [-0.4, -0.2) is 41.1 Å². The van der Waals surface area contributed by atoms with Crippen LogP contribution in [0.4, 0.5) is 0 Å². The molecule has 0 aliphatic carbocycles. The lowest BCUT2D eigenvalue weighted by atomic mass is 10.4. The van der Waals surface area contributed by atoms with Gasteiger partial charge in [0.1, 0.15) is 0 Å².